The number of hydrogen-bond acceptors (Lipinski definition) is 4. The van der Waals surface area contributed by atoms with E-state index in [1.54, 1.807) is 12.3 Å². The van der Waals surface area contributed by atoms with Crippen molar-refractivity contribution in [3.63, 3.8) is 0 Å². The Balaban J connectivity index is 1.46. The fourth-order valence-electron chi connectivity index (χ4n) is 3.66. The Hall–Kier alpha value is -3.82. The average molecular weight is 445 g/mol. The van der Waals surface area contributed by atoms with Crippen molar-refractivity contribution in [2.45, 2.75) is 27.0 Å². The number of aryl methyl sites for hydroxylation is 1. The molecule has 0 bridgehead atoms. The van der Waals surface area contributed by atoms with Gasteiger partial charge in [-0.3, -0.25) is 4.68 Å². The van der Waals surface area contributed by atoms with Crippen molar-refractivity contribution in [1.29, 1.82) is 5.26 Å². The van der Waals surface area contributed by atoms with E-state index in [0.29, 0.717) is 22.7 Å². The van der Waals surface area contributed by atoms with Crippen LogP contribution in [0.5, 0.6) is 0 Å². The van der Waals surface area contributed by atoms with Crippen LogP contribution in [0.25, 0.3) is 11.6 Å². The summed E-state index contributed by atoms with van der Waals surface area (Å²) in [6, 6.07) is 15.4. The normalized spacial score (nSPS) is 11.2. The minimum atomic E-state index is -0.484. The number of pyridine rings is 1. The highest BCUT2D eigenvalue weighted by Gasteiger charge is 2.13. The van der Waals surface area contributed by atoms with Gasteiger partial charge in [-0.1, -0.05) is 35.9 Å². The second-order valence-electron chi connectivity index (χ2n) is 7.41. The Morgan fingerprint density at radius 3 is 2.75 bits per heavy atom. The van der Waals surface area contributed by atoms with E-state index in [-0.39, 0.29) is 6.61 Å². The number of rotatable bonds is 6. The lowest BCUT2D eigenvalue weighted by Crippen LogP contribution is -2.04. The summed E-state index contributed by atoms with van der Waals surface area (Å²) in [6.07, 6.45) is 6.76. The van der Waals surface area contributed by atoms with Gasteiger partial charge in [-0.05, 0) is 43.7 Å². The van der Waals surface area contributed by atoms with E-state index in [4.69, 9.17) is 16.3 Å². The van der Waals surface area contributed by atoms with Gasteiger partial charge in [0.2, 0.25) is 0 Å². The van der Waals surface area contributed by atoms with E-state index in [2.05, 4.69) is 11.2 Å². The topological polar surface area (TPSA) is 72.3 Å². The largest absolute Gasteiger partial charge is 0.458 e. The fourth-order valence-corrected chi connectivity index (χ4v) is 3.85. The second-order valence-corrected chi connectivity index (χ2v) is 7.82. The van der Waals surface area contributed by atoms with Crippen LogP contribution in [0.3, 0.4) is 0 Å². The molecule has 4 aromatic rings. The number of nitrogens with zero attached hydrogens (tertiary/aromatic N) is 4. The molecule has 0 amide bonds. The molecule has 0 aliphatic carbocycles. The van der Waals surface area contributed by atoms with Gasteiger partial charge in [-0.15, -0.1) is 0 Å². The maximum absolute atomic E-state index is 12.3. The molecule has 7 heteroatoms. The zero-order chi connectivity index (χ0) is 22.7. The van der Waals surface area contributed by atoms with Crippen LogP contribution in [-0.4, -0.2) is 20.2 Å². The predicted octanol–water partition coefficient (Wildman–Crippen LogP) is 5.08. The van der Waals surface area contributed by atoms with Crippen LogP contribution >= 0.6 is 11.6 Å². The average Bonchev–Trinajstić information content (AvgIpc) is 3.28. The summed E-state index contributed by atoms with van der Waals surface area (Å²) in [5.74, 6) is -0.484. The third-order valence-electron chi connectivity index (χ3n) is 5.35. The van der Waals surface area contributed by atoms with Crippen molar-refractivity contribution in [3.05, 3.63) is 99.6 Å². The van der Waals surface area contributed by atoms with Crippen molar-refractivity contribution >= 4 is 29.2 Å². The zero-order valence-corrected chi connectivity index (χ0v) is 18.5. The summed E-state index contributed by atoms with van der Waals surface area (Å²) in [6.45, 7) is 4.42. The molecular weight excluding hydrogens is 424 g/mol. The van der Waals surface area contributed by atoms with E-state index in [1.165, 1.54) is 6.08 Å². The van der Waals surface area contributed by atoms with Crippen LogP contribution in [0.2, 0.25) is 5.02 Å². The van der Waals surface area contributed by atoms with Crippen molar-refractivity contribution in [3.8, 4) is 6.07 Å². The van der Waals surface area contributed by atoms with Crippen LogP contribution in [0, 0.1) is 25.2 Å². The number of aromatic nitrogens is 3. The summed E-state index contributed by atoms with van der Waals surface area (Å²) in [5, 5.41) is 14.7. The molecule has 4 rings (SSSR count). The molecular formula is C25H21ClN4O2. The van der Waals surface area contributed by atoms with Gasteiger partial charge >= 0.3 is 5.97 Å². The smallest absolute Gasteiger partial charge is 0.331 e. The van der Waals surface area contributed by atoms with Crippen LogP contribution in [0.4, 0.5) is 0 Å². The lowest BCUT2D eigenvalue weighted by molar-refractivity contribution is -0.138. The molecule has 3 aromatic heterocycles. The van der Waals surface area contributed by atoms with Crippen LogP contribution in [-0.2, 0) is 22.7 Å². The number of ether oxygens (including phenoxy) is 1. The number of hydrogen-bond donors (Lipinski definition) is 0. The van der Waals surface area contributed by atoms with Crippen LogP contribution in [0.1, 0.15) is 33.6 Å². The van der Waals surface area contributed by atoms with Crippen molar-refractivity contribution < 1.29 is 9.53 Å². The van der Waals surface area contributed by atoms with Gasteiger partial charge < -0.3 is 9.14 Å². The number of carbonyl (C=O) groups excluding carboxylic acids is 1. The molecule has 160 valence electrons. The van der Waals surface area contributed by atoms with Crippen molar-refractivity contribution in [2.24, 2.45) is 0 Å². The molecule has 0 saturated carbocycles. The molecule has 0 radical (unpaired) electrons. The second kappa shape index (κ2) is 9.13. The van der Waals surface area contributed by atoms with Gasteiger partial charge in [0.05, 0.1) is 23.3 Å². The van der Waals surface area contributed by atoms with Gasteiger partial charge in [-0.25, -0.2) is 4.79 Å². The molecule has 1 aromatic carbocycles. The number of nitriles is 1. The van der Waals surface area contributed by atoms with Crippen LogP contribution in [0.15, 0.2) is 60.9 Å². The first-order valence-electron chi connectivity index (χ1n) is 10.1. The van der Waals surface area contributed by atoms with E-state index < -0.39 is 5.97 Å². The molecule has 32 heavy (non-hydrogen) atoms. The maximum Gasteiger partial charge on any atom is 0.331 e. The van der Waals surface area contributed by atoms with Gasteiger partial charge in [0.25, 0.3) is 0 Å². The number of fused-ring (bicyclic) bond motifs is 1. The predicted molar refractivity (Wildman–Crippen MR) is 123 cm³/mol. The third-order valence-corrected chi connectivity index (χ3v) is 5.71. The summed E-state index contributed by atoms with van der Waals surface area (Å²) in [4.78, 5) is 12.3. The number of esters is 1. The molecule has 0 unspecified atom stereocenters. The Morgan fingerprint density at radius 2 is 1.97 bits per heavy atom. The Morgan fingerprint density at radius 1 is 1.19 bits per heavy atom. The third kappa shape index (κ3) is 4.29. The summed E-state index contributed by atoms with van der Waals surface area (Å²) in [5.41, 5.74) is 5.54. The summed E-state index contributed by atoms with van der Waals surface area (Å²) >= 11 is 6.27. The number of benzene rings is 1. The Bertz CT molecular complexity index is 1370. The van der Waals surface area contributed by atoms with E-state index in [1.807, 2.05) is 71.6 Å². The molecule has 0 N–H and O–H groups in total. The highest BCUT2D eigenvalue weighted by atomic mass is 35.5. The standard InChI is InChI=1S/C25H21ClN4O2/c1-17-21(18(2)30(28-17)15-19-7-3-4-8-23(19)26)10-11-25(31)32-16-20-14-29-12-6-5-9-24(29)22(20)13-27/h3-12,14H,15-16H2,1-2H3/b11-10+. The first-order chi connectivity index (χ1) is 15.5. The van der Waals surface area contributed by atoms with Gasteiger partial charge in [0, 0.05) is 40.3 Å². The molecule has 6 nitrogen and oxygen atoms in total. The lowest BCUT2D eigenvalue weighted by Gasteiger charge is -2.06. The van der Waals surface area contributed by atoms with Gasteiger partial charge in [0.1, 0.15) is 12.7 Å². The summed E-state index contributed by atoms with van der Waals surface area (Å²) < 4.78 is 9.10. The van der Waals surface area contributed by atoms with E-state index in [0.717, 1.165) is 28.0 Å². The van der Waals surface area contributed by atoms with Crippen LogP contribution < -0.4 is 0 Å². The molecule has 0 aliphatic rings. The van der Waals surface area contributed by atoms with Crippen molar-refractivity contribution in [1.82, 2.24) is 14.2 Å². The molecule has 0 saturated heterocycles. The van der Waals surface area contributed by atoms with Gasteiger partial charge in [0.15, 0.2) is 0 Å². The highest BCUT2D eigenvalue weighted by Crippen LogP contribution is 2.21. The number of halogens is 1. The molecule has 3 heterocycles. The first-order valence-corrected chi connectivity index (χ1v) is 10.5. The maximum atomic E-state index is 12.3. The summed E-state index contributed by atoms with van der Waals surface area (Å²) in [7, 11) is 0. The van der Waals surface area contributed by atoms with Crippen molar-refractivity contribution in [2.75, 3.05) is 0 Å². The molecule has 0 aliphatic heterocycles. The minimum Gasteiger partial charge on any atom is -0.458 e. The van der Waals surface area contributed by atoms with Gasteiger partial charge in [-0.2, -0.15) is 10.4 Å². The Labute approximate surface area is 190 Å². The monoisotopic (exact) mass is 444 g/mol. The molecule has 0 fully saturated rings. The molecule has 0 spiro atoms. The highest BCUT2D eigenvalue weighted by molar-refractivity contribution is 6.31. The Kier molecular flexibility index (Phi) is 6.11. The minimum absolute atomic E-state index is 0.0253. The number of carbonyl (C=O) groups is 1. The molecule has 0 atom stereocenters. The fraction of sp³-hybridized carbons (Fsp3) is 0.160. The quantitative estimate of drug-likeness (QED) is 0.307. The zero-order valence-electron chi connectivity index (χ0n) is 17.7. The first kappa shape index (κ1) is 21.4. The van der Waals surface area contributed by atoms with E-state index >= 15 is 0 Å². The van der Waals surface area contributed by atoms with E-state index in [9.17, 15) is 10.1 Å². The SMILES string of the molecule is Cc1nn(Cc2ccccc2Cl)c(C)c1/C=C/C(=O)OCc1cn2ccccc2c1C#N. The lowest BCUT2D eigenvalue weighted by atomic mass is 10.1.